The van der Waals surface area contributed by atoms with E-state index in [9.17, 15) is 14.0 Å². The van der Waals surface area contributed by atoms with Crippen LogP contribution in [0, 0.1) is 5.82 Å². The largest absolute Gasteiger partial charge is 0.465 e. The summed E-state index contributed by atoms with van der Waals surface area (Å²) in [7, 11) is 1.26. The molecule has 0 atom stereocenters. The molecule has 1 aliphatic rings. The van der Waals surface area contributed by atoms with Crippen LogP contribution in [0.1, 0.15) is 12.5 Å². The zero-order chi connectivity index (χ0) is 20.4. The van der Waals surface area contributed by atoms with E-state index in [1.165, 1.54) is 30.2 Å². The van der Waals surface area contributed by atoms with Crippen molar-refractivity contribution in [2.45, 2.75) is 11.8 Å². The third-order valence-electron chi connectivity index (χ3n) is 4.38. The first-order valence-corrected chi connectivity index (χ1v) is 9.92. The van der Waals surface area contributed by atoms with Crippen LogP contribution in [-0.4, -0.2) is 25.2 Å². The van der Waals surface area contributed by atoms with Crippen molar-refractivity contribution in [3.8, 4) is 0 Å². The molecule has 28 heavy (non-hydrogen) atoms. The Hall–Kier alpha value is -2.57. The first-order chi connectivity index (χ1) is 13.4. The normalized spacial score (nSPS) is 15.5. The average Bonchev–Trinajstić information content (AvgIpc) is 2.94. The first-order valence-electron chi connectivity index (χ1n) is 8.32. The molecule has 2 aromatic carbocycles. The Morgan fingerprint density at radius 2 is 1.89 bits per heavy atom. The number of halogens is 2. The van der Waals surface area contributed by atoms with Gasteiger partial charge in [0.1, 0.15) is 5.82 Å². The van der Waals surface area contributed by atoms with Gasteiger partial charge in [0.05, 0.1) is 29.0 Å². The summed E-state index contributed by atoms with van der Waals surface area (Å²) in [4.78, 5) is 27.9. The first kappa shape index (κ1) is 20.2. The van der Waals surface area contributed by atoms with Crippen LogP contribution in [0.2, 0.25) is 5.02 Å². The average molecular weight is 418 g/mol. The van der Waals surface area contributed by atoms with Crippen molar-refractivity contribution >= 4 is 47.0 Å². The maximum Gasteiger partial charge on any atom is 0.340 e. The molecule has 0 spiro atoms. The highest BCUT2D eigenvalue weighted by Gasteiger charge is 2.38. The molecule has 1 aliphatic heterocycles. The van der Waals surface area contributed by atoms with Gasteiger partial charge in [-0.2, -0.15) is 0 Å². The number of methoxy groups -OCH3 is 1. The fourth-order valence-corrected chi connectivity index (χ4v) is 3.56. The molecule has 0 N–H and O–H groups in total. The molecular formula is C21H17ClFNO3S. The number of benzene rings is 2. The van der Waals surface area contributed by atoms with Gasteiger partial charge in [-0.25, -0.2) is 9.18 Å². The molecule has 0 radical (unpaired) electrons. The molecule has 0 unspecified atom stereocenters. The monoisotopic (exact) mass is 417 g/mol. The summed E-state index contributed by atoms with van der Waals surface area (Å²) < 4.78 is 18.4. The Labute approximate surface area is 171 Å². The Balaban J connectivity index is 2.11. The van der Waals surface area contributed by atoms with Gasteiger partial charge >= 0.3 is 5.97 Å². The summed E-state index contributed by atoms with van der Waals surface area (Å²) in [6.45, 7) is 1.64. The van der Waals surface area contributed by atoms with E-state index in [1.54, 1.807) is 24.8 Å². The predicted octanol–water partition coefficient (Wildman–Crippen LogP) is 5.08. The fourth-order valence-electron chi connectivity index (χ4n) is 2.98. The quantitative estimate of drug-likeness (QED) is 0.395. The van der Waals surface area contributed by atoms with Crippen LogP contribution >= 0.6 is 23.4 Å². The molecule has 2 aromatic rings. The number of hydrogen-bond donors (Lipinski definition) is 0. The van der Waals surface area contributed by atoms with Gasteiger partial charge in [0.2, 0.25) is 0 Å². The highest BCUT2D eigenvalue weighted by molar-refractivity contribution is 7.98. The zero-order valence-electron chi connectivity index (χ0n) is 15.5. The summed E-state index contributed by atoms with van der Waals surface area (Å²) in [5.74, 6) is -1.61. The van der Waals surface area contributed by atoms with Crippen LogP contribution in [-0.2, 0) is 14.3 Å². The lowest BCUT2D eigenvalue weighted by Gasteiger charge is -2.18. The number of ether oxygens (including phenoxy) is 1. The lowest BCUT2D eigenvalue weighted by Crippen LogP contribution is -2.24. The molecule has 0 saturated carbocycles. The van der Waals surface area contributed by atoms with Crippen molar-refractivity contribution in [2.75, 3.05) is 18.3 Å². The van der Waals surface area contributed by atoms with E-state index in [-0.39, 0.29) is 16.2 Å². The van der Waals surface area contributed by atoms with Crippen LogP contribution in [0.15, 0.2) is 64.2 Å². The molecule has 0 aromatic heterocycles. The van der Waals surface area contributed by atoms with Crippen molar-refractivity contribution in [1.29, 1.82) is 0 Å². The number of amides is 1. The van der Waals surface area contributed by atoms with Crippen LogP contribution < -0.4 is 4.90 Å². The van der Waals surface area contributed by atoms with Crippen molar-refractivity contribution in [1.82, 2.24) is 0 Å². The molecule has 1 amide bonds. The van der Waals surface area contributed by atoms with Crippen LogP contribution in [0.3, 0.4) is 0 Å². The van der Waals surface area contributed by atoms with Gasteiger partial charge in [0.25, 0.3) is 5.91 Å². The standard InChI is InChI=1S/C21H17ClFNO3S/c1-12-19(21(26)27-2)16(10-13-4-7-15(28-3)8-5-13)20(25)24(12)14-6-9-18(23)17(22)11-14/h4-11H,1-3H3/b16-10-. The van der Waals surface area contributed by atoms with Gasteiger partial charge in [-0.15, -0.1) is 11.8 Å². The number of carbonyl (C=O) groups is 2. The molecule has 4 nitrogen and oxygen atoms in total. The van der Waals surface area contributed by atoms with Crippen molar-refractivity contribution in [3.05, 3.63) is 75.7 Å². The molecule has 7 heteroatoms. The second kappa shape index (κ2) is 8.20. The van der Waals surface area contributed by atoms with Gasteiger partial charge in [0.15, 0.2) is 0 Å². The number of nitrogens with zero attached hydrogens (tertiary/aromatic N) is 1. The number of hydrogen-bond acceptors (Lipinski definition) is 4. The maximum atomic E-state index is 13.5. The van der Waals surface area contributed by atoms with E-state index in [1.807, 2.05) is 30.5 Å². The number of thioether (sulfide) groups is 1. The van der Waals surface area contributed by atoms with E-state index >= 15 is 0 Å². The van der Waals surface area contributed by atoms with E-state index in [0.717, 1.165) is 10.5 Å². The Kier molecular flexibility index (Phi) is 5.91. The Morgan fingerprint density at radius 1 is 1.21 bits per heavy atom. The van der Waals surface area contributed by atoms with Crippen LogP contribution in [0.25, 0.3) is 6.08 Å². The summed E-state index contributed by atoms with van der Waals surface area (Å²) in [6, 6.07) is 11.6. The number of carbonyl (C=O) groups excluding carboxylic acids is 2. The Morgan fingerprint density at radius 3 is 2.46 bits per heavy atom. The predicted molar refractivity (Wildman–Crippen MR) is 110 cm³/mol. The number of esters is 1. The van der Waals surface area contributed by atoms with Gasteiger partial charge in [-0.1, -0.05) is 23.7 Å². The third-order valence-corrected chi connectivity index (χ3v) is 5.41. The molecule has 1 heterocycles. The van der Waals surface area contributed by atoms with Gasteiger partial charge in [0, 0.05) is 10.6 Å². The zero-order valence-corrected chi connectivity index (χ0v) is 17.0. The number of rotatable bonds is 4. The lowest BCUT2D eigenvalue weighted by molar-refractivity contribution is -0.136. The van der Waals surface area contributed by atoms with Crippen molar-refractivity contribution in [2.24, 2.45) is 0 Å². The molecule has 144 valence electrons. The SMILES string of the molecule is COC(=O)C1=C(C)N(c2ccc(F)c(Cl)c2)C(=O)/C1=C\c1ccc(SC)cc1. The highest BCUT2D eigenvalue weighted by atomic mass is 35.5. The molecule has 0 aliphatic carbocycles. The minimum absolute atomic E-state index is 0.109. The lowest BCUT2D eigenvalue weighted by atomic mass is 10.0. The minimum atomic E-state index is -0.617. The summed E-state index contributed by atoms with van der Waals surface area (Å²) in [6.07, 6.45) is 3.62. The minimum Gasteiger partial charge on any atom is -0.465 e. The second-order valence-corrected chi connectivity index (χ2v) is 7.31. The van der Waals surface area contributed by atoms with Gasteiger partial charge in [-0.05, 0) is 55.2 Å². The molecular weight excluding hydrogens is 401 g/mol. The number of allylic oxidation sites excluding steroid dienone is 1. The summed E-state index contributed by atoms with van der Waals surface area (Å²) in [5, 5.41) is -0.109. The van der Waals surface area contributed by atoms with Crippen molar-refractivity contribution < 1.29 is 18.7 Å². The third kappa shape index (κ3) is 3.70. The number of anilines is 1. The topological polar surface area (TPSA) is 46.6 Å². The van der Waals surface area contributed by atoms with E-state index in [0.29, 0.717) is 11.4 Å². The van der Waals surface area contributed by atoms with Crippen LogP contribution in [0.4, 0.5) is 10.1 Å². The van der Waals surface area contributed by atoms with Gasteiger partial charge < -0.3 is 4.74 Å². The molecule has 0 bridgehead atoms. The summed E-state index contributed by atoms with van der Waals surface area (Å²) in [5.41, 5.74) is 1.92. The van der Waals surface area contributed by atoms with Gasteiger partial charge in [-0.3, -0.25) is 9.69 Å². The van der Waals surface area contributed by atoms with E-state index in [4.69, 9.17) is 16.3 Å². The Bertz CT molecular complexity index is 1010. The second-order valence-electron chi connectivity index (χ2n) is 6.02. The van der Waals surface area contributed by atoms with Crippen LogP contribution in [0.5, 0.6) is 0 Å². The summed E-state index contributed by atoms with van der Waals surface area (Å²) >= 11 is 7.48. The smallest absolute Gasteiger partial charge is 0.340 e. The highest BCUT2D eigenvalue weighted by Crippen LogP contribution is 2.36. The van der Waals surface area contributed by atoms with E-state index in [2.05, 4.69) is 0 Å². The van der Waals surface area contributed by atoms with Crippen molar-refractivity contribution in [3.63, 3.8) is 0 Å². The molecule has 0 fully saturated rings. The fraction of sp³-hybridized carbons (Fsp3) is 0.143. The molecule has 3 rings (SSSR count). The maximum absolute atomic E-state index is 13.5. The van der Waals surface area contributed by atoms with E-state index < -0.39 is 17.7 Å². The molecule has 0 saturated heterocycles.